The van der Waals surface area contributed by atoms with Gasteiger partial charge in [-0.2, -0.15) is 0 Å². The second-order valence-corrected chi connectivity index (χ2v) is 2.79. The normalized spacial score (nSPS) is 9.80. The van der Waals surface area contributed by atoms with Crippen LogP contribution in [0.25, 0.3) is 0 Å². The third-order valence-electron chi connectivity index (χ3n) is 0.993. The Balaban J connectivity index is 3.17. The summed E-state index contributed by atoms with van der Waals surface area (Å²) in [6.45, 7) is 1.67. The molecule has 0 unspecified atom stereocenters. The molecule has 1 aromatic heterocycles. The number of nitrogens with zero attached hydrogens (tertiary/aromatic N) is 1. The fraction of sp³-hybridized carbons (Fsp3) is 0.200. The standard InChI is InChI=1S/C5H4INO3/c1-2-3(6)4(5(8)9)7-10-2/h1H3,(H,8,9). The van der Waals surface area contributed by atoms with Crippen LogP contribution in [0.3, 0.4) is 0 Å². The van der Waals surface area contributed by atoms with E-state index in [-0.39, 0.29) is 5.69 Å². The number of hydrogen-bond donors (Lipinski definition) is 1. The number of aromatic carboxylic acids is 1. The van der Waals surface area contributed by atoms with E-state index in [0.717, 1.165) is 0 Å². The first-order valence-corrected chi connectivity index (χ1v) is 3.56. The summed E-state index contributed by atoms with van der Waals surface area (Å²) in [6.07, 6.45) is 0. The van der Waals surface area contributed by atoms with Gasteiger partial charge in [-0.15, -0.1) is 0 Å². The summed E-state index contributed by atoms with van der Waals surface area (Å²) < 4.78 is 5.18. The Bertz CT molecular complexity index is 268. The van der Waals surface area contributed by atoms with Crippen LogP contribution in [0.4, 0.5) is 0 Å². The summed E-state index contributed by atoms with van der Waals surface area (Å²) in [7, 11) is 0. The quantitative estimate of drug-likeness (QED) is 0.766. The van der Waals surface area contributed by atoms with Crippen molar-refractivity contribution in [2.24, 2.45) is 0 Å². The Morgan fingerprint density at radius 1 is 1.80 bits per heavy atom. The fourth-order valence-corrected chi connectivity index (χ4v) is 0.922. The van der Waals surface area contributed by atoms with Crippen LogP contribution in [0.15, 0.2) is 4.52 Å². The van der Waals surface area contributed by atoms with Gasteiger partial charge in [0, 0.05) is 0 Å². The highest BCUT2D eigenvalue weighted by Gasteiger charge is 2.15. The zero-order valence-corrected chi connectivity index (χ0v) is 7.25. The first kappa shape index (κ1) is 7.52. The van der Waals surface area contributed by atoms with Crippen molar-refractivity contribution in [3.05, 3.63) is 15.0 Å². The Labute approximate surface area is 70.3 Å². The van der Waals surface area contributed by atoms with Crippen LogP contribution in [0.1, 0.15) is 16.2 Å². The third-order valence-corrected chi connectivity index (χ3v) is 2.26. The molecule has 5 heteroatoms. The van der Waals surface area contributed by atoms with Gasteiger partial charge in [-0.05, 0) is 29.5 Å². The summed E-state index contributed by atoms with van der Waals surface area (Å²) in [5.74, 6) is -0.515. The van der Waals surface area contributed by atoms with Crippen molar-refractivity contribution in [2.45, 2.75) is 6.92 Å². The van der Waals surface area contributed by atoms with Gasteiger partial charge in [0.2, 0.25) is 5.69 Å². The van der Waals surface area contributed by atoms with Gasteiger partial charge in [0.05, 0.1) is 3.57 Å². The maximum absolute atomic E-state index is 10.3. The van der Waals surface area contributed by atoms with E-state index in [0.29, 0.717) is 9.33 Å². The molecule has 4 nitrogen and oxygen atoms in total. The number of carbonyl (C=O) groups is 1. The molecule has 0 fully saturated rings. The molecule has 0 aliphatic heterocycles. The minimum absolute atomic E-state index is 0.0156. The van der Waals surface area contributed by atoms with Crippen molar-refractivity contribution in [1.82, 2.24) is 5.16 Å². The number of rotatable bonds is 1. The first-order valence-electron chi connectivity index (χ1n) is 2.48. The van der Waals surface area contributed by atoms with E-state index < -0.39 is 5.97 Å². The number of carboxylic acids is 1. The predicted octanol–water partition coefficient (Wildman–Crippen LogP) is 1.29. The zero-order chi connectivity index (χ0) is 7.72. The smallest absolute Gasteiger partial charge is 0.359 e. The van der Waals surface area contributed by atoms with Crippen molar-refractivity contribution >= 4 is 28.6 Å². The topological polar surface area (TPSA) is 63.3 Å². The van der Waals surface area contributed by atoms with E-state index in [1.54, 1.807) is 6.92 Å². The lowest BCUT2D eigenvalue weighted by atomic mass is 10.4. The minimum Gasteiger partial charge on any atom is -0.476 e. The third kappa shape index (κ3) is 1.13. The SMILES string of the molecule is Cc1onc(C(=O)O)c1I. The van der Waals surface area contributed by atoms with Crippen molar-refractivity contribution in [2.75, 3.05) is 0 Å². The van der Waals surface area contributed by atoms with E-state index >= 15 is 0 Å². The highest BCUT2D eigenvalue weighted by molar-refractivity contribution is 14.1. The summed E-state index contributed by atoms with van der Waals surface area (Å²) in [5.41, 5.74) is -0.0156. The molecule has 0 spiro atoms. The average Bonchev–Trinajstić information content (AvgIpc) is 2.14. The molecule has 1 heterocycles. The van der Waals surface area contributed by atoms with Crippen molar-refractivity contribution in [3.63, 3.8) is 0 Å². The fourth-order valence-electron chi connectivity index (χ4n) is 0.494. The van der Waals surface area contributed by atoms with Gasteiger partial charge in [-0.3, -0.25) is 0 Å². The molecule has 0 saturated carbocycles. The van der Waals surface area contributed by atoms with Crippen LogP contribution < -0.4 is 0 Å². The van der Waals surface area contributed by atoms with Crippen LogP contribution in [0, 0.1) is 10.5 Å². The number of hydrogen-bond acceptors (Lipinski definition) is 3. The van der Waals surface area contributed by atoms with Crippen molar-refractivity contribution < 1.29 is 14.4 Å². The van der Waals surface area contributed by atoms with Gasteiger partial charge < -0.3 is 9.63 Å². The molecule has 1 N–H and O–H groups in total. The highest BCUT2D eigenvalue weighted by Crippen LogP contribution is 2.14. The summed E-state index contributed by atoms with van der Waals surface area (Å²) in [6, 6.07) is 0. The molecule has 0 aromatic carbocycles. The summed E-state index contributed by atoms with van der Waals surface area (Å²) in [4.78, 5) is 10.3. The Morgan fingerprint density at radius 2 is 2.40 bits per heavy atom. The van der Waals surface area contributed by atoms with Gasteiger partial charge in [0.15, 0.2) is 0 Å². The van der Waals surface area contributed by atoms with E-state index in [9.17, 15) is 4.79 Å². The highest BCUT2D eigenvalue weighted by atomic mass is 127. The molecule has 54 valence electrons. The average molecular weight is 253 g/mol. The number of carboxylic acid groups (broad SMARTS) is 1. The van der Waals surface area contributed by atoms with Crippen LogP contribution in [0.2, 0.25) is 0 Å². The zero-order valence-electron chi connectivity index (χ0n) is 5.09. The Kier molecular flexibility index (Phi) is 1.93. The maximum atomic E-state index is 10.3. The molecule has 0 bridgehead atoms. The van der Waals surface area contributed by atoms with Gasteiger partial charge in [0.25, 0.3) is 0 Å². The first-order chi connectivity index (χ1) is 4.63. The van der Waals surface area contributed by atoms with Gasteiger partial charge >= 0.3 is 5.97 Å². The predicted molar refractivity (Wildman–Crippen MR) is 40.9 cm³/mol. The molecule has 0 atom stereocenters. The molecule has 1 aromatic rings. The maximum Gasteiger partial charge on any atom is 0.359 e. The molecular formula is C5H4INO3. The summed E-state index contributed by atoms with van der Waals surface area (Å²) >= 11 is 1.88. The van der Waals surface area contributed by atoms with Crippen molar-refractivity contribution in [1.29, 1.82) is 0 Å². The lowest BCUT2D eigenvalue weighted by molar-refractivity contribution is 0.0684. The van der Waals surface area contributed by atoms with Gasteiger partial charge in [0.1, 0.15) is 5.76 Å². The van der Waals surface area contributed by atoms with Gasteiger partial charge in [-0.25, -0.2) is 4.79 Å². The molecular weight excluding hydrogens is 249 g/mol. The van der Waals surface area contributed by atoms with E-state index in [1.165, 1.54) is 0 Å². The van der Waals surface area contributed by atoms with Crippen LogP contribution in [0.5, 0.6) is 0 Å². The van der Waals surface area contributed by atoms with E-state index in [2.05, 4.69) is 9.68 Å². The number of aromatic nitrogens is 1. The number of halogens is 1. The largest absolute Gasteiger partial charge is 0.476 e. The Hall–Kier alpha value is -0.590. The molecule has 0 amide bonds. The van der Waals surface area contributed by atoms with Crippen LogP contribution in [-0.2, 0) is 0 Å². The monoisotopic (exact) mass is 253 g/mol. The number of aryl methyl sites for hydroxylation is 1. The minimum atomic E-state index is -1.05. The second kappa shape index (κ2) is 2.57. The van der Waals surface area contributed by atoms with Gasteiger partial charge in [-0.1, -0.05) is 5.16 Å². The molecule has 0 aliphatic rings. The molecule has 10 heavy (non-hydrogen) atoms. The van der Waals surface area contributed by atoms with Crippen molar-refractivity contribution in [3.8, 4) is 0 Å². The van der Waals surface area contributed by atoms with E-state index in [1.807, 2.05) is 22.6 Å². The Morgan fingerprint density at radius 3 is 2.60 bits per heavy atom. The lowest BCUT2D eigenvalue weighted by Gasteiger charge is -1.82. The molecule has 0 saturated heterocycles. The van der Waals surface area contributed by atoms with Crippen LogP contribution in [-0.4, -0.2) is 16.2 Å². The second-order valence-electron chi connectivity index (χ2n) is 1.71. The van der Waals surface area contributed by atoms with E-state index in [4.69, 9.17) is 5.11 Å². The molecule has 0 aliphatic carbocycles. The molecule has 1 rings (SSSR count). The van der Waals surface area contributed by atoms with Crippen LogP contribution >= 0.6 is 22.6 Å². The lowest BCUT2D eigenvalue weighted by Crippen LogP contribution is -1.98. The molecule has 0 radical (unpaired) electrons. The summed E-state index contributed by atoms with van der Waals surface area (Å²) in [5, 5.41) is 11.8.